The molecule has 0 fully saturated rings. The van der Waals surface area contributed by atoms with E-state index in [1.165, 1.54) is 0 Å². The molecule has 0 bridgehead atoms. The van der Waals surface area contributed by atoms with Crippen LogP contribution in [-0.4, -0.2) is 22.5 Å². The fourth-order valence-electron chi connectivity index (χ4n) is 2.45. The molecule has 3 N–H and O–H groups in total. The van der Waals surface area contributed by atoms with E-state index in [1.54, 1.807) is 6.07 Å². The number of carbonyl (C=O) groups excluding carboxylic acids is 1. The average Bonchev–Trinajstić information content (AvgIpc) is 3.05. The first kappa shape index (κ1) is 16.9. The van der Waals surface area contributed by atoms with Crippen LogP contribution in [0.15, 0.2) is 46.9 Å². The SMILES string of the molecule is CCNC(=S)NNC(=O)c1cc(-c2ccc(C)o2)nc2ccccc12. The van der Waals surface area contributed by atoms with Gasteiger partial charge in [-0.3, -0.25) is 15.6 Å². The average molecular weight is 354 g/mol. The molecule has 6 nitrogen and oxygen atoms in total. The molecule has 0 radical (unpaired) electrons. The predicted molar refractivity (Wildman–Crippen MR) is 101 cm³/mol. The molecule has 1 aromatic carbocycles. The third kappa shape index (κ3) is 3.77. The van der Waals surface area contributed by atoms with Crippen LogP contribution in [0.3, 0.4) is 0 Å². The minimum atomic E-state index is -0.302. The largest absolute Gasteiger partial charge is 0.460 e. The fourth-order valence-corrected chi connectivity index (χ4v) is 2.64. The minimum absolute atomic E-state index is 0.302. The number of furan rings is 1. The topological polar surface area (TPSA) is 79.2 Å². The first-order valence-electron chi connectivity index (χ1n) is 7.89. The number of nitrogens with one attached hydrogen (secondary N) is 3. The molecule has 2 aromatic heterocycles. The lowest BCUT2D eigenvalue weighted by Crippen LogP contribution is -2.46. The molecule has 0 atom stereocenters. The monoisotopic (exact) mass is 354 g/mol. The van der Waals surface area contributed by atoms with E-state index in [0.29, 0.717) is 34.2 Å². The molecule has 7 heteroatoms. The number of para-hydroxylation sites is 1. The van der Waals surface area contributed by atoms with E-state index < -0.39 is 0 Å². The van der Waals surface area contributed by atoms with Gasteiger partial charge in [-0.25, -0.2) is 4.98 Å². The number of thiocarbonyl (C=S) groups is 1. The number of pyridine rings is 1. The first-order chi connectivity index (χ1) is 12.1. The summed E-state index contributed by atoms with van der Waals surface area (Å²) < 4.78 is 5.64. The highest BCUT2D eigenvalue weighted by Crippen LogP contribution is 2.26. The van der Waals surface area contributed by atoms with Gasteiger partial charge in [-0.2, -0.15) is 0 Å². The van der Waals surface area contributed by atoms with Crippen LogP contribution in [0, 0.1) is 6.92 Å². The van der Waals surface area contributed by atoms with Crippen molar-refractivity contribution in [1.29, 1.82) is 0 Å². The van der Waals surface area contributed by atoms with Crippen molar-refractivity contribution in [2.24, 2.45) is 0 Å². The molecule has 3 rings (SSSR count). The third-order valence-electron chi connectivity index (χ3n) is 3.58. The van der Waals surface area contributed by atoms with Crippen LogP contribution >= 0.6 is 12.2 Å². The minimum Gasteiger partial charge on any atom is -0.460 e. The summed E-state index contributed by atoms with van der Waals surface area (Å²) in [5.74, 6) is 1.10. The molecule has 25 heavy (non-hydrogen) atoms. The van der Waals surface area contributed by atoms with E-state index in [9.17, 15) is 4.79 Å². The molecule has 0 aliphatic rings. The van der Waals surface area contributed by atoms with Crippen molar-refractivity contribution in [2.75, 3.05) is 6.54 Å². The summed E-state index contributed by atoms with van der Waals surface area (Å²) in [6.45, 7) is 4.45. The van der Waals surface area contributed by atoms with Gasteiger partial charge in [0.1, 0.15) is 11.5 Å². The van der Waals surface area contributed by atoms with E-state index in [1.807, 2.05) is 50.2 Å². The second-order valence-electron chi connectivity index (χ2n) is 5.42. The number of hydrogen-bond donors (Lipinski definition) is 3. The molecule has 2 heterocycles. The molecular weight excluding hydrogens is 336 g/mol. The van der Waals surface area contributed by atoms with Gasteiger partial charge in [-0.15, -0.1) is 0 Å². The molecule has 0 saturated heterocycles. The first-order valence-corrected chi connectivity index (χ1v) is 8.30. The Hall–Kier alpha value is -2.93. The van der Waals surface area contributed by atoms with E-state index in [4.69, 9.17) is 16.6 Å². The Morgan fingerprint density at radius 2 is 2.00 bits per heavy atom. The van der Waals surface area contributed by atoms with Crippen LogP contribution in [-0.2, 0) is 0 Å². The quantitative estimate of drug-likeness (QED) is 0.496. The molecule has 0 spiro atoms. The Morgan fingerprint density at radius 3 is 2.72 bits per heavy atom. The van der Waals surface area contributed by atoms with Crippen LogP contribution in [0.1, 0.15) is 23.0 Å². The Balaban J connectivity index is 1.97. The van der Waals surface area contributed by atoms with Crippen molar-refractivity contribution in [1.82, 2.24) is 21.2 Å². The maximum Gasteiger partial charge on any atom is 0.270 e. The Labute approximate surface area is 150 Å². The normalized spacial score (nSPS) is 10.5. The lowest BCUT2D eigenvalue weighted by molar-refractivity contribution is 0.0945. The lowest BCUT2D eigenvalue weighted by Gasteiger charge is -2.12. The molecule has 0 unspecified atom stereocenters. The smallest absolute Gasteiger partial charge is 0.270 e. The summed E-state index contributed by atoms with van der Waals surface area (Å²) in [6.07, 6.45) is 0. The highest BCUT2D eigenvalue weighted by atomic mass is 32.1. The molecular formula is C18H18N4O2S. The van der Waals surface area contributed by atoms with Gasteiger partial charge in [-0.05, 0) is 50.3 Å². The number of carbonyl (C=O) groups is 1. The zero-order valence-corrected chi connectivity index (χ0v) is 14.7. The van der Waals surface area contributed by atoms with Gasteiger partial charge in [0, 0.05) is 11.9 Å². The van der Waals surface area contributed by atoms with Crippen LogP contribution < -0.4 is 16.2 Å². The third-order valence-corrected chi connectivity index (χ3v) is 3.83. The second-order valence-corrected chi connectivity index (χ2v) is 5.83. The number of aromatic nitrogens is 1. The Kier molecular flexibility index (Phi) is 4.95. The Bertz CT molecular complexity index is 936. The van der Waals surface area contributed by atoms with Gasteiger partial charge >= 0.3 is 0 Å². The van der Waals surface area contributed by atoms with Crippen molar-refractivity contribution in [3.8, 4) is 11.5 Å². The van der Waals surface area contributed by atoms with E-state index >= 15 is 0 Å². The molecule has 3 aromatic rings. The molecule has 0 aliphatic heterocycles. The van der Waals surface area contributed by atoms with Crippen molar-refractivity contribution in [3.63, 3.8) is 0 Å². The molecule has 1 amide bonds. The highest BCUT2D eigenvalue weighted by molar-refractivity contribution is 7.80. The summed E-state index contributed by atoms with van der Waals surface area (Å²) in [6, 6.07) is 12.9. The van der Waals surface area contributed by atoms with Crippen LogP contribution in [0.25, 0.3) is 22.4 Å². The summed E-state index contributed by atoms with van der Waals surface area (Å²) in [7, 11) is 0. The maximum atomic E-state index is 12.6. The maximum absolute atomic E-state index is 12.6. The molecule has 128 valence electrons. The zero-order chi connectivity index (χ0) is 17.8. The molecule has 0 saturated carbocycles. The van der Waals surface area contributed by atoms with Crippen LogP contribution in [0.2, 0.25) is 0 Å². The standard InChI is InChI=1S/C18H18N4O2S/c1-3-19-18(25)22-21-17(23)13-10-15(16-9-8-11(2)24-16)20-14-7-5-4-6-12(13)14/h4-10H,3H2,1-2H3,(H,21,23)(H2,19,22,25). The van der Waals surface area contributed by atoms with Crippen molar-refractivity contribution < 1.29 is 9.21 Å². The number of hydrogen-bond acceptors (Lipinski definition) is 4. The van der Waals surface area contributed by atoms with E-state index in [-0.39, 0.29) is 5.91 Å². The fraction of sp³-hybridized carbons (Fsp3) is 0.167. The lowest BCUT2D eigenvalue weighted by atomic mass is 10.1. The van der Waals surface area contributed by atoms with E-state index in [0.717, 1.165) is 11.1 Å². The highest BCUT2D eigenvalue weighted by Gasteiger charge is 2.15. The van der Waals surface area contributed by atoms with Gasteiger partial charge in [0.2, 0.25) is 0 Å². The number of hydrazine groups is 1. The van der Waals surface area contributed by atoms with Crippen LogP contribution in [0.4, 0.5) is 0 Å². The van der Waals surface area contributed by atoms with Crippen LogP contribution in [0.5, 0.6) is 0 Å². The van der Waals surface area contributed by atoms with Crippen molar-refractivity contribution >= 4 is 34.1 Å². The van der Waals surface area contributed by atoms with Gasteiger partial charge in [0.25, 0.3) is 5.91 Å². The second kappa shape index (κ2) is 7.31. The number of aryl methyl sites for hydroxylation is 1. The van der Waals surface area contributed by atoms with Crippen molar-refractivity contribution in [2.45, 2.75) is 13.8 Å². The van der Waals surface area contributed by atoms with Gasteiger partial charge in [0.15, 0.2) is 10.9 Å². The van der Waals surface area contributed by atoms with Gasteiger partial charge < -0.3 is 9.73 Å². The number of fused-ring (bicyclic) bond motifs is 1. The zero-order valence-electron chi connectivity index (χ0n) is 13.9. The number of benzene rings is 1. The van der Waals surface area contributed by atoms with Gasteiger partial charge in [0.05, 0.1) is 11.1 Å². The number of rotatable bonds is 3. The number of nitrogens with zero attached hydrogens (tertiary/aromatic N) is 1. The molecule has 0 aliphatic carbocycles. The summed E-state index contributed by atoms with van der Waals surface area (Å²) in [4.78, 5) is 17.2. The number of amides is 1. The predicted octanol–water partition coefficient (Wildman–Crippen LogP) is 2.93. The van der Waals surface area contributed by atoms with Crippen molar-refractivity contribution in [3.05, 3.63) is 53.8 Å². The van der Waals surface area contributed by atoms with E-state index in [2.05, 4.69) is 21.2 Å². The summed E-state index contributed by atoms with van der Waals surface area (Å²) >= 11 is 5.06. The van der Waals surface area contributed by atoms with Gasteiger partial charge in [-0.1, -0.05) is 18.2 Å². The Morgan fingerprint density at radius 1 is 1.20 bits per heavy atom. The summed E-state index contributed by atoms with van der Waals surface area (Å²) in [5, 5.41) is 4.02. The summed E-state index contributed by atoms with van der Waals surface area (Å²) in [5.41, 5.74) is 7.10.